The van der Waals surface area contributed by atoms with Crippen LogP contribution in [-0.2, 0) is 4.79 Å². The van der Waals surface area contributed by atoms with E-state index in [1.54, 1.807) is 6.07 Å². The largest absolute Gasteiger partial charge is 0.472 e. The van der Waals surface area contributed by atoms with E-state index in [-0.39, 0.29) is 24.4 Å². The molecule has 0 aliphatic heterocycles. The van der Waals surface area contributed by atoms with Gasteiger partial charge >= 0.3 is 0 Å². The van der Waals surface area contributed by atoms with Gasteiger partial charge in [-0.25, -0.2) is 0 Å². The molecule has 2 atom stereocenters. The monoisotopic (exact) mass is 264 g/mol. The molecule has 1 aromatic rings. The maximum Gasteiger partial charge on any atom is 0.254 e. The summed E-state index contributed by atoms with van der Waals surface area (Å²) >= 11 is 0. The van der Waals surface area contributed by atoms with Gasteiger partial charge in [0, 0.05) is 6.04 Å². The second-order valence-electron chi connectivity index (χ2n) is 5.23. The number of hydrogen-bond acceptors (Lipinski definition) is 3. The van der Waals surface area contributed by atoms with E-state index in [0.29, 0.717) is 11.5 Å². The van der Waals surface area contributed by atoms with Crippen LogP contribution in [0.1, 0.15) is 43.0 Å². The van der Waals surface area contributed by atoms with Crippen molar-refractivity contribution in [2.45, 2.75) is 38.6 Å². The first-order valence-electron chi connectivity index (χ1n) is 6.75. The van der Waals surface area contributed by atoms with E-state index in [1.165, 1.54) is 18.9 Å². The Bertz CT molecular complexity index is 428. The normalized spacial score (nSPS) is 22.8. The molecule has 5 nitrogen and oxygen atoms in total. The van der Waals surface area contributed by atoms with E-state index in [4.69, 9.17) is 4.42 Å². The lowest BCUT2D eigenvalue weighted by Gasteiger charge is -2.27. The Balaban J connectivity index is 1.71. The summed E-state index contributed by atoms with van der Waals surface area (Å²) in [5.41, 5.74) is 0.430. The summed E-state index contributed by atoms with van der Waals surface area (Å²) in [4.78, 5) is 23.3. The number of hydrogen-bond donors (Lipinski definition) is 2. The minimum atomic E-state index is -0.291. The zero-order valence-electron chi connectivity index (χ0n) is 11.1. The van der Waals surface area contributed by atoms with Crippen LogP contribution < -0.4 is 10.6 Å². The lowest BCUT2D eigenvalue weighted by atomic mass is 9.87. The summed E-state index contributed by atoms with van der Waals surface area (Å²) in [5.74, 6) is 0.247. The van der Waals surface area contributed by atoms with Gasteiger partial charge in [-0.1, -0.05) is 19.8 Å². The molecule has 1 heterocycles. The Hall–Kier alpha value is -1.78. The fraction of sp³-hybridized carbons (Fsp3) is 0.571. The maximum absolute atomic E-state index is 11.7. The van der Waals surface area contributed by atoms with Gasteiger partial charge in [0.25, 0.3) is 5.91 Å². The topological polar surface area (TPSA) is 71.3 Å². The number of carbonyl (C=O) groups is 2. The fourth-order valence-corrected chi connectivity index (χ4v) is 2.50. The zero-order chi connectivity index (χ0) is 13.7. The Morgan fingerprint density at radius 3 is 2.95 bits per heavy atom. The molecule has 2 N–H and O–H groups in total. The second kappa shape index (κ2) is 6.41. The fourth-order valence-electron chi connectivity index (χ4n) is 2.50. The van der Waals surface area contributed by atoms with Crippen LogP contribution >= 0.6 is 0 Å². The molecule has 0 spiro atoms. The summed E-state index contributed by atoms with van der Waals surface area (Å²) in [6, 6.07) is 1.82. The van der Waals surface area contributed by atoms with Crippen molar-refractivity contribution in [3.05, 3.63) is 24.2 Å². The van der Waals surface area contributed by atoms with Gasteiger partial charge in [0.15, 0.2) is 0 Å². The van der Waals surface area contributed by atoms with Crippen LogP contribution in [0, 0.1) is 5.92 Å². The summed E-state index contributed by atoms with van der Waals surface area (Å²) in [6.45, 7) is 2.22. The number of carbonyl (C=O) groups excluding carboxylic acids is 2. The third-order valence-corrected chi connectivity index (χ3v) is 3.49. The van der Waals surface area contributed by atoms with Crippen LogP contribution in [0.3, 0.4) is 0 Å². The molecular formula is C14H20N2O3. The average molecular weight is 264 g/mol. The van der Waals surface area contributed by atoms with Crippen molar-refractivity contribution in [2.75, 3.05) is 6.54 Å². The van der Waals surface area contributed by atoms with E-state index < -0.39 is 0 Å². The average Bonchev–Trinajstić information content (AvgIpc) is 2.90. The van der Waals surface area contributed by atoms with E-state index in [9.17, 15) is 9.59 Å². The molecule has 5 heteroatoms. The third kappa shape index (κ3) is 4.12. The van der Waals surface area contributed by atoms with Gasteiger partial charge in [0.05, 0.1) is 18.4 Å². The minimum Gasteiger partial charge on any atom is -0.472 e. The first-order valence-corrected chi connectivity index (χ1v) is 6.75. The molecule has 19 heavy (non-hydrogen) atoms. The molecule has 2 amide bonds. The highest BCUT2D eigenvalue weighted by Gasteiger charge is 2.20. The molecule has 104 valence electrons. The Labute approximate surface area is 112 Å². The van der Waals surface area contributed by atoms with Gasteiger partial charge < -0.3 is 15.1 Å². The van der Waals surface area contributed by atoms with Crippen LogP contribution in [0.25, 0.3) is 0 Å². The van der Waals surface area contributed by atoms with Gasteiger partial charge in [-0.2, -0.15) is 0 Å². The molecule has 2 rings (SSSR count). The molecule has 0 radical (unpaired) electrons. The maximum atomic E-state index is 11.7. The highest BCUT2D eigenvalue weighted by molar-refractivity contribution is 5.96. The zero-order valence-corrected chi connectivity index (χ0v) is 11.1. The third-order valence-electron chi connectivity index (χ3n) is 3.49. The van der Waals surface area contributed by atoms with Gasteiger partial charge in [-0.3, -0.25) is 9.59 Å². The number of nitrogens with one attached hydrogen (secondary N) is 2. The van der Waals surface area contributed by atoms with E-state index in [0.717, 1.165) is 19.3 Å². The van der Waals surface area contributed by atoms with Crippen LogP contribution in [0.2, 0.25) is 0 Å². The highest BCUT2D eigenvalue weighted by Crippen LogP contribution is 2.23. The number of furan rings is 1. The van der Waals surface area contributed by atoms with Crippen LogP contribution in [0.4, 0.5) is 0 Å². The minimum absolute atomic E-state index is 0.00882. The molecule has 1 aliphatic rings. The number of rotatable bonds is 4. The summed E-state index contributed by atoms with van der Waals surface area (Å²) in [7, 11) is 0. The quantitative estimate of drug-likeness (QED) is 0.869. The SMILES string of the molecule is C[C@H]1CCC[C@@H](NC(=O)CNC(=O)c2ccoc2)C1. The predicted octanol–water partition coefficient (Wildman–Crippen LogP) is 1.70. The second-order valence-corrected chi connectivity index (χ2v) is 5.23. The van der Waals surface area contributed by atoms with E-state index in [1.807, 2.05) is 0 Å². The van der Waals surface area contributed by atoms with Gasteiger partial charge in [-0.05, 0) is 24.8 Å². The predicted molar refractivity (Wildman–Crippen MR) is 70.6 cm³/mol. The highest BCUT2D eigenvalue weighted by atomic mass is 16.3. The van der Waals surface area contributed by atoms with Gasteiger partial charge in [0.1, 0.15) is 6.26 Å². The van der Waals surface area contributed by atoms with Crippen LogP contribution in [0.5, 0.6) is 0 Å². The Morgan fingerprint density at radius 1 is 1.42 bits per heavy atom. The van der Waals surface area contributed by atoms with Crippen molar-refractivity contribution in [3.63, 3.8) is 0 Å². The van der Waals surface area contributed by atoms with E-state index >= 15 is 0 Å². The Kier molecular flexibility index (Phi) is 4.60. The standard InChI is InChI=1S/C14H20N2O3/c1-10-3-2-4-12(7-10)16-13(17)8-15-14(18)11-5-6-19-9-11/h5-6,9-10,12H,2-4,7-8H2,1H3,(H,15,18)(H,16,17)/t10-,12+/m0/s1. The Morgan fingerprint density at radius 2 is 2.26 bits per heavy atom. The molecule has 1 aliphatic carbocycles. The van der Waals surface area contributed by atoms with Crippen molar-refractivity contribution < 1.29 is 14.0 Å². The van der Waals surface area contributed by atoms with Crippen molar-refractivity contribution in [2.24, 2.45) is 5.92 Å². The van der Waals surface area contributed by atoms with E-state index in [2.05, 4.69) is 17.6 Å². The van der Waals surface area contributed by atoms with Crippen molar-refractivity contribution in [1.29, 1.82) is 0 Å². The van der Waals surface area contributed by atoms with Crippen LogP contribution in [-0.4, -0.2) is 24.4 Å². The number of amides is 2. The summed E-state index contributed by atoms with van der Waals surface area (Å²) < 4.78 is 4.81. The summed E-state index contributed by atoms with van der Waals surface area (Å²) in [5, 5.41) is 5.55. The molecular weight excluding hydrogens is 244 g/mol. The first kappa shape index (κ1) is 13.6. The summed E-state index contributed by atoms with van der Waals surface area (Å²) in [6.07, 6.45) is 7.25. The smallest absolute Gasteiger partial charge is 0.254 e. The lowest BCUT2D eigenvalue weighted by molar-refractivity contribution is -0.121. The molecule has 0 bridgehead atoms. The van der Waals surface area contributed by atoms with Crippen molar-refractivity contribution in [3.8, 4) is 0 Å². The molecule has 1 fully saturated rings. The lowest BCUT2D eigenvalue weighted by Crippen LogP contribution is -2.43. The van der Waals surface area contributed by atoms with Gasteiger partial charge in [0.2, 0.25) is 5.91 Å². The van der Waals surface area contributed by atoms with Gasteiger partial charge in [-0.15, -0.1) is 0 Å². The molecule has 1 aromatic heterocycles. The molecule has 0 aromatic carbocycles. The molecule has 1 saturated carbocycles. The molecule has 0 unspecified atom stereocenters. The van der Waals surface area contributed by atoms with Crippen molar-refractivity contribution >= 4 is 11.8 Å². The molecule has 0 saturated heterocycles. The first-order chi connectivity index (χ1) is 9.15. The van der Waals surface area contributed by atoms with Crippen LogP contribution in [0.15, 0.2) is 23.0 Å². The van der Waals surface area contributed by atoms with Crippen molar-refractivity contribution in [1.82, 2.24) is 10.6 Å².